The molecule has 0 fully saturated rings. The van der Waals surface area contributed by atoms with E-state index >= 15 is 0 Å². The molecule has 1 heterocycles. The molecule has 0 radical (unpaired) electrons. The van der Waals surface area contributed by atoms with Crippen molar-refractivity contribution >= 4 is 17.6 Å². The van der Waals surface area contributed by atoms with Gasteiger partial charge in [-0.05, 0) is 25.3 Å². The molecule has 8 heteroatoms. The minimum absolute atomic E-state index is 0.0244. The van der Waals surface area contributed by atoms with Gasteiger partial charge in [0.25, 0.3) is 0 Å². The van der Waals surface area contributed by atoms with Crippen molar-refractivity contribution in [1.29, 1.82) is 0 Å². The van der Waals surface area contributed by atoms with Crippen molar-refractivity contribution in [3.05, 3.63) is 17.8 Å². The van der Waals surface area contributed by atoms with Crippen LogP contribution in [0.25, 0.3) is 0 Å². The first kappa shape index (κ1) is 15.0. The van der Waals surface area contributed by atoms with E-state index in [1.165, 1.54) is 17.8 Å². The largest absolute Gasteiger partial charge is 0.435 e. The van der Waals surface area contributed by atoms with Crippen LogP contribution in [0.3, 0.4) is 0 Å². The molecular weight excluding hydrogens is 267 g/mol. The van der Waals surface area contributed by atoms with Gasteiger partial charge in [0.05, 0.1) is 6.61 Å². The maximum absolute atomic E-state index is 12.3. The molecule has 0 saturated carbocycles. The molecule has 0 saturated heterocycles. The zero-order chi connectivity index (χ0) is 13.8. The summed E-state index contributed by atoms with van der Waals surface area (Å²) in [7, 11) is 0. The second-order valence-electron chi connectivity index (χ2n) is 3.69. The minimum Gasteiger partial charge on any atom is -0.395 e. The molecule has 0 bridgehead atoms. The van der Waals surface area contributed by atoms with Gasteiger partial charge < -0.3 is 10.4 Å². The second-order valence-corrected chi connectivity index (χ2v) is 4.77. The number of thioether (sulfide) groups is 1. The van der Waals surface area contributed by atoms with Crippen LogP contribution in [-0.4, -0.2) is 39.5 Å². The topological polar surface area (TPSA) is 58.0 Å². The molecule has 0 spiro atoms. The van der Waals surface area contributed by atoms with E-state index < -0.39 is 11.9 Å². The van der Waals surface area contributed by atoms with Crippen LogP contribution < -0.4 is 5.32 Å². The smallest absolute Gasteiger partial charge is 0.395 e. The van der Waals surface area contributed by atoms with Crippen molar-refractivity contribution in [2.75, 3.05) is 18.2 Å². The van der Waals surface area contributed by atoms with Gasteiger partial charge in [-0.3, -0.25) is 0 Å². The highest BCUT2D eigenvalue weighted by Crippen LogP contribution is 2.27. The fourth-order valence-electron chi connectivity index (χ4n) is 1.32. The number of aliphatic hydroxyl groups is 1. The van der Waals surface area contributed by atoms with Crippen molar-refractivity contribution in [2.45, 2.75) is 24.4 Å². The third kappa shape index (κ3) is 4.02. The summed E-state index contributed by atoms with van der Waals surface area (Å²) in [4.78, 5) is 0. The average Bonchev–Trinajstić information content (AvgIpc) is 2.30. The standard InChI is InChI=1S/C10H14F3N3OS/c1-6(7(5-17)18-2)14-9-4-3-8(15-16-9)10(11,12)13/h3-4,6-7,17H,5H2,1-2H3,(H,14,16)/t6-,7-/m1/s1. The van der Waals surface area contributed by atoms with Crippen LogP contribution in [-0.2, 0) is 6.18 Å². The minimum atomic E-state index is -4.48. The maximum atomic E-state index is 12.3. The molecule has 0 aromatic carbocycles. The van der Waals surface area contributed by atoms with E-state index in [-0.39, 0.29) is 23.7 Å². The maximum Gasteiger partial charge on any atom is 0.435 e. The summed E-state index contributed by atoms with van der Waals surface area (Å²) in [6.45, 7) is 1.79. The van der Waals surface area contributed by atoms with Crippen molar-refractivity contribution in [3.8, 4) is 0 Å². The number of nitrogens with zero attached hydrogens (tertiary/aromatic N) is 2. The molecule has 2 N–H and O–H groups in total. The van der Waals surface area contributed by atoms with Crippen LogP contribution >= 0.6 is 11.8 Å². The zero-order valence-electron chi connectivity index (χ0n) is 9.90. The number of anilines is 1. The summed E-state index contributed by atoms with van der Waals surface area (Å²) in [5.41, 5.74) is -1.02. The van der Waals surface area contributed by atoms with E-state index in [0.29, 0.717) is 0 Å². The molecule has 0 amide bonds. The Labute approximate surface area is 107 Å². The number of aromatic nitrogens is 2. The lowest BCUT2D eigenvalue weighted by atomic mass is 10.2. The highest BCUT2D eigenvalue weighted by molar-refractivity contribution is 7.99. The Balaban J connectivity index is 2.69. The van der Waals surface area contributed by atoms with Gasteiger partial charge in [0.1, 0.15) is 5.82 Å². The van der Waals surface area contributed by atoms with Gasteiger partial charge in [-0.15, -0.1) is 10.2 Å². The normalized spacial score (nSPS) is 15.2. The van der Waals surface area contributed by atoms with Gasteiger partial charge >= 0.3 is 6.18 Å². The number of rotatable bonds is 5. The lowest BCUT2D eigenvalue weighted by molar-refractivity contribution is -0.141. The monoisotopic (exact) mass is 281 g/mol. The summed E-state index contributed by atoms with van der Waals surface area (Å²) < 4.78 is 36.8. The highest BCUT2D eigenvalue weighted by atomic mass is 32.2. The van der Waals surface area contributed by atoms with Gasteiger partial charge in [-0.2, -0.15) is 24.9 Å². The van der Waals surface area contributed by atoms with E-state index in [1.807, 2.05) is 13.2 Å². The Morgan fingerprint density at radius 2 is 2.06 bits per heavy atom. The second kappa shape index (κ2) is 6.24. The summed E-state index contributed by atoms with van der Waals surface area (Å²) >= 11 is 1.46. The fourth-order valence-corrected chi connectivity index (χ4v) is 1.95. The Morgan fingerprint density at radius 1 is 1.39 bits per heavy atom. The Bertz CT molecular complexity index is 368. The van der Waals surface area contributed by atoms with Crippen LogP contribution in [0.5, 0.6) is 0 Å². The molecule has 102 valence electrons. The van der Waals surface area contributed by atoms with Crippen LogP contribution in [0, 0.1) is 0 Å². The lowest BCUT2D eigenvalue weighted by Crippen LogP contribution is -2.31. The number of halogens is 3. The molecule has 0 unspecified atom stereocenters. The zero-order valence-corrected chi connectivity index (χ0v) is 10.7. The van der Waals surface area contributed by atoms with E-state index in [2.05, 4.69) is 15.5 Å². The molecule has 0 aliphatic heterocycles. The van der Waals surface area contributed by atoms with Crippen LogP contribution in [0.15, 0.2) is 12.1 Å². The fraction of sp³-hybridized carbons (Fsp3) is 0.600. The molecule has 0 aliphatic carbocycles. The van der Waals surface area contributed by atoms with Gasteiger partial charge in [0, 0.05) is 11.3 Å². The van der Waals surface area contributed by atoms with Gasteiger partial charge in [0.2, 0.25) is 0 Å². The quantitative estimate of drug-likeness (QED) is 0.864. The van der Waals surface area contributed by atoms with Gasteiger partial charge in [-0.25, -0.2) is 0 Å². The van der Waals surface area contributed by atoms with Crippen LogP contribution in [0.2, 0.25) is 0 Å². The van der Waals surface area contributed by atoms with Crippen LogP contribution in [0.4, 0.5) is 19.0 Å². The Morgan fingerprint density at radius 3 is 2.44 bits per heavy atom. The highest BCUT2D eigenvalue weighted by Gasteiger charge is 2.32. The summed E-state index contributed by atoms with van der Waals surface area (Å²) in [5.74, 6) is 0.253. The van der Waals surface area contributed by atoms with E-state index in [4.69, 9.17) is 5.11 Å². The van der Waals surface area contributed by atoms with Gasteiger partial charge in [-0.1, -0.05) is 0 Å². The predicted octanol–water partition coefficient (Wildman–Crippen LogP) is 2.02. The number of aliphatic hydroxyl groups excluding tert-OH is 1. The van der Waals surface area contributed by atoms with Gasteiger partial charge in [0.15, 0.2) is 5.69 Å². The van der Waals surface area contributed by atoms with Crippen LogP contribution in [0.1, 0.15) is 12.6 Å². The number of hydrogen-bond acceptors (Lipinski definition) is 5. The third-order valence-corrected chi connectivity index (χ3v) is 3.53. The van der Waals surface area contributed by atoms with Crippen molar-refractivity contribution in [1.82, 2.24) is 10.2 Å². The molecule has 1 aromatic heterocycles. The Hall–Kier alpha value is -1.02. The molecule has 0 aliphatic rings. The van der Waals surface area contributed by atoms with E-state index in [0.717, 1.165) is 6.07 Å². The number of nitrogens with one attached hydrogen (secondary N) is 1. The summed E-state index contributed by atoms with van der Waals surface area (Å²) in [5, 5.41) is 18.5. The van der Waals surface area contributed by atoms with E-state index in [9.17, 15) is 13.2 Å². The molecule has 1 aromatic rings. The van der Waals surface area contributed by atoms with Crippen molar-refractivity contribution < 1.29 is 18.3 Å². The molecule has 2 atom stereocenters. The van der Waals surface area contributed by atoms with Crippen molar-refractivity contribution in [3.63, 3.8) is 0 Å². The number of hydrogen-bond donors (Lipinski definition) is 2. The Kier molecular flexibility index (Phi) is 5.21. The summed E-state index contributed by atoms with van der Waals surface area (Å²) in [6.07, 6.45) is -2.64. The summed E-state index contributed by atoms with van der Waals surface area (Å²) in [6, 6.07) is 1.96. The molecule has 18 heavy (non-hydrogen) atoms. The third-order valence-electron chi connectivity index (χ3n) is 2.37. The predicted molar refractivity (Wildman–Crippen MR) is 64.5 cm³/mol. The van der Waals surface area contributed by atoms with Crippen molar-refractivity contribution in [2.24, 2.45) is 0 Å². The number of alkyl halides is 3. The lowest BCUT2D eigenvalue weighted by Gasteiger charge is -2.21. The molecular formula is C10H14F3N3OS. The average molecular weight is 281 g/mol. The molecule has 1 rings (SSSR count). The SMILES string of the molecule is CS[C@H](CO)[C@@H](C)Nc1ccc(C(F)(F)F)nn1. The first-order valence-corrected chi connectivity index (χ1v) is 6.48. The molecule has 4 nitrogen and oxygen atoms in total. The first-order chi connectivity index (χ1) is 8.38. The first-order valence-electron chi connectivity index (χ1n) is 5.19. The van der Waals surface area contributed by atoms with E-state index in [1.54, 1.807) is 0 Å².